The summed E-state index contributed by atoms with van der Waals surface area (Å²) >= 11 is 10.5. The lowest BCUT2D eigenvalue weighted by Gasteiger charge is -2.12. The first kappa shape index (κ1) is 14.7. The van der Waals surface area contributed by atoms with Crippen molar-refractivity contribution in [1.29, 1.82) is 0 Å². The van der Waals surface area contributed by atoms with Crippen molar-refractivity contribution in [2.24, 2.45) is 5.92 Å². The Bertz CT molecular complexity index is 217. The van der Waals surface area contributed by atoms with Crippen LogP contribution in [0.5, 0.6) is 0 Å². The van der Waals surface area contributed by atoms with Crippen molar-refractivity contribution in [1.82, 2.24) is 0 Å². The average Bonchev–Trinajstić information content (AvgIpc) is 2.18. The van der Waals surface area contributed by atoms with E-state index in [0.717, 1.165) is 19.3 Å². The molecule has 1 atom stereocenters. The predicted molar refractivity (Wildman–Crippen MR) is 59.9 cm³/mol. The summed E-state index contributed by atoms with van der Waals surface area (Å²) < 4.78 is 4.52. The van der Waals surface area contributed by atoms with E-state index in [4.69, 9.17) is 23.2 Å². The van der Waals surface area contributed by atoms with E-state index < -0.39 is 16.8 Å². The lowest BCUT2D eigenvalue weighted by atomic mass is 10.00. The summed E-state index contributed by atoms with van der Waals surface area (Å²) in [5, 5.41) is 0. The molecule has 0 fully saturated rings. The van der Waals surface area contributed by atoms with Crippen LogP contribution in [0.4, 0.5) is 0 Å². The van der Waals surface area contributed by atoms with Gasteiger partial charge in [-0.3, -0.25) is 4.79 Å². The van der Waals surface area contributed by atoms with E-state index in [2.05, 4.69) is 4.74 Å². The minimum atomic E-state index is -1.29. The normalized spacial score (nSPS) is 12.6. The first-order chi connectivity index (χ1) is 7.02. The molecule has 0 heterocycles. The highest BCUT2D eigenvalue weighted by Crippen LogP contribution is 2.15. The van der Waals surface area contributed by atoms with Gasteiger partial charge in [-0.1, -0.05) is 49.9 Å². The van der Waals surface area contributed by atoms with Crippen LogP contribution in [0.15, 0.2) is 0 Å². The summed E-state index contributed by atoms with van der Waals surface area (Å²) in [4.78, 5) is 21.1. The quantitative estimate of drug-likeness (QED) is 0.416. The monoisotopic (exact) mass is 254 g/mol. The van der Waals surface area contributed by atoms with Crippen LogP contribution in [-0.2, 0) is 14.3 Å². The van der Waals surface area contributed by atoms with Crippen LogP contribution in [0.1, 0.15) is 39.5 Å². The molecule has 0 aliphatic rings. The SMILES string of the molecule is CCCCC(CC)C(=O)OC(=O)C(Cl)Cl. The zero-order chi connectivity index (χ0) is 11.8. The fraction of sp³-hybridized carbons (Fsp3) is 0.800. The van der Waals surface area contributed by atoms with Gasteiger partial charge in [-0.2, -0.15) is 0 Å². The first-order valence-corrected chi connectivity index (χ1v) is 5.93. The molecule has 0 aliphatic carbocycles. The molecule has 0 spiro atoms. The van der Waals surface area contributed by atoms with Crippen molar-refractivity contribution in [3.63, 3.8) is 0 Å². The summed E-state index contributed by atoms with van der Waals surface area (Å²) in [7, 11) is 0. The molecule has 0 amide bonds. The van der Waals surface area contributed by atoms with Gasteiger partial charge in [0, 0.05) is 0 Å². The Labute approximate surface area is 100 Å². The van der Waals surface area contributed by atoms with Gasteiger partial charge in [-0.05, 0) is 12.8 Å². The Kier molecular flexibility index (Phi) is 7.79. The van der Waals surface area contributed by atoms with Gasteiger partial charge >= 0.3 is 11.9 Å². The predicted octanol–water partition coefficient (Wildman–Crippen LogP) is 3.08. The van der Waals surface area contributed by atoms with E-state index in [1.807, 2.05) is 13.8 Å². The highest BCUT2D eigenvalue weighted by molar-refractivity contribution is 6.53. The third kappa shape index (κ3) is 6.00. The molecule has 0 saturated carbocycles. The fourth-order valence-electron chi connectivity index (χ4n) is 1.17. The van der Waals surface area contributed by atoms with E-state index in [1.165, 1.54) is 0 Å². The Morgan fingerprint density at radius 2 is 1.80 bits per heavy atom. The highest BCUT2D eigenvalue weighted by atomic mass is 35.5. The molecule has 3 nitrogen and oxygen atoms in total. The Morgan fingerprint density at radius 1 is 1.20 bits per heavy atom. The highest BCUT2D eigenvalue weighted by Gasteiger charge is 2.23. The van der Waals surface area contributed by atoms with Crippen molar-refractivity contribution < 1.29 is 14.3 Å². The maximum Gasteiger partial charge on any atom is 0.347 e. The maximum atomic E-state index is 11.4. The van der Waals surface area contributed by atoms with Gasteiger partial charge in [0.25, 0.3) is 0 Å². The van der Waals surface area contributed by atoms with Crippen LogP contribution in [0.25, 0.3) is 0 Å². The van der Waals surface area contributed by atoms with Gasteiger partial charge in [-0.25, -0.2) is 4.79 Å². The Balaban J connectivity index is 4.09. The molecule has 0 saturated heterocycles. The second kappa shape index (κ2) is 7.94. The van der Waals surface area contributed by atoms with Crippen molar-refractivity contribution in [3.8, 4) is 0 Å². The summed E-state index contributed by atoms with van der Waals surface area (Å²) in [5.74, 6) is -1.65. The molecule has 0 radical (unpaired) electrons. The molecular formula is C10H16Cl2O3. The number of rotatable bonds is 6. The number of hydrogen-bond donors (Lipinski definition) is 0. The van der Waals surface area contributed by atoms with E-state index in [9.17, 15) is 9.59 Å². The van der Waals surface area contributed by atoms with E-state index in [0.29, 0.717) is 6.42 Å². The van der Waals surface area contributed by atoms with Gasteiger partial charge in [0.2, 0.25) is 4.84 Å². The zero-order valence-corrected chi connectivity index (χ0v) is 10.5. The van der Waals surface area contributed by atoms with Crippen LogP contribution in [0.2, 0.25) is 0 Å². The smallest absolute Gasteiger partial charge is 0.347 e. The number of alkyl halides is 2. The summed E-state index contributed by atoms with van der Waals surface area (Å²) in [6.07, 6.45) is 3.33. The number of hydrogen-bond acceptors (Lipinski definition) is 3. The molecule has 0 aromatic rings. The number of carbonyl (C=O) groups excluding carboxylic acids is 2. The number of unbranched alkanes of at least 4 members (excludes halogenated alkanes) is 1. The van der Waals surface area contributed by atoms with Gasteiger partial charge < -0.3 is 4.74 Å². The lowest BCUT2D eigenvalue weighted by Crippen LogP contribution is -2.24. The van der Waals surface area contributed by atoms with Crippen LogP contribution in [0.3, 0.4) is 0 Å². The first-order valence-electron chi connectivity index (χ1n) is 5.06. The molecule has 0 aliphatic heterocycles. The number of halogens is 2. The van der Waals surface area contributed by atoms with Gasteiger partial charge in [0.05, 0.1) is 5.92 Å². The second-order valence-corrected chi connectivity index (χ2v) is 4.38. The topological polar surface area (TPSA) is 43.4 Å². The van der Waals surface area contributed by atoms with Crippen LogP contribution in [-0.4, -0.2) is 16.8 Å². The fourth-order valence-corrected chi connectivity index (χ4v) is 1.26. The molecule has 1 unspecified atom stereocenters. The number of carbonyl (C=O) groups is 2. The minimum Gasteiger partial charge on any atom is -0.391 e. The molecular weight excluding hydrogens is 239 g/mol. The third-order valence-electron chi connectivity index (χ3n) is 2.11. The van der Waals surface area contributed by atoms with Crippen LogP contribution >= 0.6 is 23.2 Å². The van der Waals surface area contributed by atoms with Crippen LogP contribution in [0, 0.1) is 5.92 Å². The number of esters is 2. The van der Waals surface area contributed by atoms with Gasteiger partial charge in [0.1, 0.15) is 0 Å². The van der Waals surface area contributed by atoms with Gasteiger partial charge in [-0.15, -0.1) is 0 Å². The van der Waals surface area contributed by atoms with Crippen molar-refractivity contribution >= 4 is 35.1 Å². The molecule has 0 aromatic carbocycles. The molecule has 0 rings (SSSR count). The second-order valence-electron chi connectivity index (χ2n) is 3.29. The molecule has 5 heteroatoms. The molecule has 88 valence electrons. The molecule has 0 aromatic heterocycles. The minimum absolute atomic E-state index is 0.235. The zero-order valence-electron chi connectivity index (χ0n) is 8.96. The largest absolute Gasteiger partial charge is 0.391 e. The molecule has 0 N–H and O–H groups in total. The van der Waals surface area contributed by atoms with E-state index in [-0.39, 0.29) is 5.92 Å². The van der Waals surface area contributed by atoms with Crippen molar-refractivity contribution in [2.75, 3.05) is 0 Å². The lowest BCUT2D eigenvalue weighted by molar-refractivity contribution is -0.161. The van der Waals surface area contributed by atoms with Crippen LogP contribution < -0.4 is 0 Å². The summed E-state index contributed by atoms with van der Waals surface area (Å²) in [5.41, 5.74) is 0. The summed E-state index contributed by atoms with van der Waals surface area (Å²) in [6, 6.07) is 0. The molecule has 0 bridgehead atoms. The molecule has 15 heavy (non-hydrogen) atoms. The van der Waals surface area contributed by atoms with Gasteiger partial charge in [0.15, 0.2) is 0 Å². The Morgan fingerprint density at radius 3 is 2.20 bits per heavy atom. The average molecular weight is 255 g/mol. The standard InChI is InChI=1S/C10H16Cl2O3/c1-3-5-6-7(4-2)9(13)15-10(14)8(11)12/h7-8H,3-6H2,1-2H3. The number of ether oxygens (including phenoxy) is 1. The maximum absolute atomic E-state index is 11.4. The summed E-state index contributed by atoms with van der Waals surface area (Å²) in [6.45, 7) is 3.92. The Hall–Kier alpha value is -0.280. The van der Waals surface area contributed by atoms with Crippen molar-refractivity contribution in [2.45, 2.75) is 44.4 Å². The van der Waals surface area contributed by atoms with Crippen molar-refractivity contribution in [3.05, 3.63) is 0 Å². The third-order valence-corrected chi connectivity index (χ3v) is 2.47. The van der Waals surface area contributed by atoms with E-state index >= 15 is 0 Å². The van der Waals surface area contributed by atoms with E-state index in [1.54, 1.807) is 0 Å².